The fourth-order valence-corrected chi connectivity index (χ4v) is 1.10. The SMILES string of the molecule is C1=COC(c2ccncc2)=CC1. The largest absolute Gasteiger partial charge is 0.465 e. The first-order valence-electron chi connectivity index (χ1n) is 3.89. The molecule has 0 saturated carbocycles. The Morgan fingerprint density at radius 3 is 2.75 bits per heavy atom. The summed E-state index contributed by atoms with van der Waals surface area (Å²) in [4.78, 5) is 3.94. The highest BCUT2D eigenvalue weighted by atomic mass is 16.5. The van der Waals surface area contributed by atoms with Crippen LogP contribution in [0.25, 0.3) is 5.76 Å². The van der Waals surface area contributed by atoms with Gasteiger partial charge >= 0.3 is 0 Å². The smallest absolute Gasteiger partial charge is 0.130 e. The van der Waals surface area contributed by atoms with Crippen LogP contribution in [0.15, 0.2) is 42.9 Å². The van der Waals surface area contributed by atoms with Crippen LogP contribution in [-0.2, 0) is 4.74 Å². The van der Waals surface area contributed by atoms with Gasteiger partial charge in [-0.1, -0.05) is 0 Å². The molecule has 2 heterocycles. The minimum atomic E-state index is 0.917. The molecule has 0 amide bonds. The zero-order chi connectivity index (χ0) is 8.23. The fraction of sp³-hybridized carbons (Fsp3) is 0.100. The number of pyridine rings is 1. The van der Waals surface area contributed by atoms with Crippen molar-refractivity contribution < 1.29 is 4.74 Å². The molecule has 0 N–H and O–H groups in total. The van der Waals surface area contributed by atoms with Crippen molar-refractivity contribution in [2.45, 2.75) is 6.42 Å². The van der Waals surface area contributed by atoms with Crippen molar-refractivity contribution in [3.8, 4) is 0 Å². The first kappa shape index (κ1) is 7.10. The van der Waals surface area contributed by atoms with E-state index in [9.17, 15) is 0 Å². The molecule has 1 aliphatic rings. The van der Waals surface area contributed by atoms with E-state index in [0.29, 0.717) is 0 Å². The highest BCUT2D eigenvalue weighted by Gasteiger charge is 2.01. The van der Waals surface area contributed by atoms with Crippen LogP contribution in [0, 0.1) is 0 Å². The second-order valence-corrected chi connectivity index (χ2v) is 2.53. The van der Waals surface area contributed by atoms with Crippen molar-refractivity contribution >= 4 is 5.76 Å². The fourth-order valence-electron chi connectivity index (χ4n) is 1.10. The van der Waals surface area contributed by atoms with Gasteiger partial charge in [0.1, 0.15) is 5.76 Å². The summed E-state index contributed by atoms with van der Waals surface area (Å²) in [5.41, 5.74) is 1.08. The van der Waals surface area contributed by atoms with Crippen LogP contribution in [0.1, 0.15) is 12.0 Å². The topological polar surface area (TPSA) is 22.1 Å². The Labute approximate surface area is 71.2 Å². The van der Waals surface area contributed by atoms with Gasteiger partial charge in [-0.15, -0.1) is 0 Å². The second-order valence-electron chi connectivity index (χ2n) is 2.53. The molecule has 0 atom stereocenters. The Kier molecular flexibility index (Phi) is 1.90. The van der Waals surface area contributed by atoms with E-state index in [2.05, 4.69) is 11.1 Å². The molecule has 2 heteroatoms. The maximum atomic E-state index is 5.32. The third-order valence-electron chi connectivity index (χ3n) is 1.70. The van der Waals surface area contributed by atoms with E-state index >= 15 is 0 Å². The van der Waals surface area contributed by atoms with Gasteiger partial charge in [0.15, 0.2) is 0 Å². The number of hydrogen-bond acceptors (Lipinski definition) is 2. The lowest BCUT2D eigenvalue weighted by atomic mass is 10.2. The molecule has 1 aromatic heterocycles. The van der Waals surface area contributed by atoms with Gasteiger partial charge in [0.2, 0.25) is 0 Å². The minimum absolute atomic E-state index is 0.917. The van der Waals surface area contributed by atoms with E-state index in [1.54, 1.807) is 18.7 Å². The Hall–Kier alpha value is -1.57. The summed E-state index contributed by atoms with van der Waals surface area (Å²) in [6, 6.07) is 3.87. The molecule has 0 bridgehead atoms. The standard InChI is InChI=1S/C10H9NO/c1-2-8-12-10(3-1)9-4-6-11-7-5-9/h2-8H,1H2. The lowest BCUT2D eigenvalue weighted by molar-refractivity contribution is 0.427. The molecule has 1 aliphatic heterocycles. The zero-order valence-electron chi connectivity index (χ0n) is 6.60. The highest BCUT2D eigenvalue weighted by molar-refractivity contribution is 5.60. The first-order chi connectivity index (χ1) is 5.97. The van der Waals surface area contributed by atoms with Gasteiger partial charge in [0.05, 0.1) is 6.26 Å². The summed E-state index contributed by atoms with van der Waals surface area (Å²) in [6.45, 7) is 0. The van der Waals surface area contributed by atoms with E-state index in [0.717, 1.165) is 17.7 Å². The van der Waals surface area contributed by atoms with Crippen molar-refractivity contribution in [1.82, 2.24) is 4.98 Å². The number of rotatable bonds is 1. The van der Waals surface area contributed by atoms with Gasteiger partial charge in [0, 0.05) is 18.0 Å². The Morgan fingerprint density at radius 2 is 2.08 bits per heavy atom. The molecule has 0 aromatic carbocycles. The molecule has 2 nitrogen and oxygen atoms in total. The van der Waals surface area contributed by atoms with Crippen LogP contribution in [0.3, 0.4) is 0 Å². The lowest BCUT2D eigenvalue weighted by Crippen LogP contribution is -1.89. The van der Waals surface area contributed by atoms with Gasteiger partial charge < -0.3 is 4.74 Å². The van der Waals surface area contributed by atoms with Crippen LogP contribution < -0.4 is 0 Å². The van der Waals surface area contributed by atoms with Crippen LogP contribution in [0.4, 0.5) is 0 Å². The van der Waals surface area contributed by atoms with Gasteiger partial charge in [0.25, 0.3) is 0 Å². The zero-order valence-corrected chi connectivity index (χ0v) is 6.60. The molecule has 0 aliphatic carbocycles. The van der Waals surface area contributed by atoms with Gasteiger partial charge in [-0.2, -0.15) is 0 Å². The van der Waals surface area contributed by atoms with Crippen LogP contribution >= 0.6 is 0 Å². The lowest BCUT2D eigenvalue weighted by Gasteiger charge is -2.08. The second kappa shape index (κ2) is 3.22. The maximum absolute atomic E-state index is 5.32. The molecule has 12 heavy (non-hydrogen) atoms. The number of ether oxygens (including phenoxy) is 1. The van der Waals surface area contributed by atoms with Crippen molar-refractivity contribution in [3.05, 3.63) is 48.5 Å². The van der Waals surface area contributed by atoms with Crippen molar-refractivity contribution in [2.75, 3.05) is 0 Å². The summed E-state index contributed by atoms with van der Waals surface area (Å²) >= 11 is 0. The summed E-state index contributed by atoms with van der Waals surface area (Å²) in [5, 5.41) is 0. The summed E-state index contributed by atoms with van der Waals surface area (Å²) in [7, 11) is 0. The number of allylic oxidation sites excluding steroid dienone is 2. The minimum Gasteiger partial charge on any atom is -0.465 e. The third-order valence-corrected chi connectivity index (χ3v) is 1.70. The molecule has 0 unspecified atom stereocenters. The van der Waals surface area contributed by atoms with Gasteiger partial charge in [-0.25, -0.2) is 0 Å². The third kappa shape index (κ3) is 1.37. The number of nitrogens with zero attached hydrogens (tertiary/aromatic N) is 1. The van der Waals surface area contributed by atoms with E-state index in [-0.39, 0.29) is 0 Å². The van der Waals surface area contributed by atoms with E-state index < -0.39 is 0 Å². The first-order valence-corrected chi connectivity index (χ1v) is 3.89. The van der Waals surface area contributed by atoms with E-state index in [1.807, 2.05) is 18.2 Å². The van der Waals surface area contributed by atoms with E-state index in [4.69, 9.17) is 4.74 Å². The van der Waals surface area contributed by atoms with Crippen LogP contribution in [0.5, 0.6) is 0 Å². The summed E-state index contributed by atoms with van der Waals surface area (Å²) < 4.78 is 5.32. The van der Waals surface area contributed by atoms with Gasteiger partial charge in [-0.05, 0) is 30.7 Å². The molecule has 60 valence electrons. The molecule has 0 saturated heterocycles. The molecule has 0 radical (unpaired) electrons. The molecule has 2 rings (SSSR count). The summed E-state index contributed by atoms with van der Waals surface area (Å²) in [6.07, 6.45) is 10.2. The predicted octanol–water partition coefficient (Wildman–Crippen LogP) is 2.36. The van der Waals surface area contributed by atoms with Crippen molar-refractivity contribution in [3.63, 3.8) is 0 Å². The molecular formula is C10H9NO. The molecular weight excluding hydrogens is 150 g/mol. The number of hydrogen-bond donors (Lipinski definition) is 0. The average Bonchev–Trinajstić information content (AvgIpc) is 2.21. The molecule has 0 spiro atoms. The van der Waals surface area contributed by atoms with E-state index in [1.165, 1.54) is 0 Å². The highest BCUT2D eigenvalue weighted by Crippen LogP contribution is 2.18. The Morgan fingerprint density at radius 1 is 1.25 bits per heavy atom. The van der Waals surface area contributed by atoms with Gasteiger partial charge in [-0.3, -0.25) is 4.98 Å². The van der Waals surface area contributed by atoms with Crippen LogP contribution in [0.2, 0.25) is 0 Å². The average molecular weight is 159 g/mol. The predicted molar refractivity (Wildman–Crippen MR) is 47.1 cm³/mol. The van der Waals surface area contributed by atoms with Crippen molar-refractivity contribution in [1.29, 1.82) is 0 Å². The monoisotopic (exact) mass is 159 g/mol. The molecule has 1 aromatic rings. The number of aromatic nitrogens is 1. The quantitative estimate of drug-likeness (QED) is 0.627. The Bertz CT molecular complexity index is 314. The maximum Gasteiger partial charge on any atom is 0.130 e. The van der Waals surface area contributed by atoms with Crippen LogP contribution in [-0.4, -0.2) is 4.98 Å². The Balaban J connectivity index is 2.26. The summed E-state index contributed by atoms with van der Waals surface area (Å²) in [5.74, 6) is 0.917. The normalized spacial score (nSPS) is 15.2. The van der Waals surface area contributed by atoms with Crippen molar-refractivity contribution in [2.24, 2.45) is 0 Å². The molecule has 0 fully saturated rings.